The van der Waals surface area contributed by atoms with Crippen molar-refractivity contribution in [1.82, 2.24) is 0 Å². The van der Waals surface area contributed by atoms with Crippen LogP contribution in [0, 0.1) is 5.92 Å². The fourth-order valence-electron chi connectivity index (χ4n) is 1.58. The third kappa shape index (κ3) is 2.52. The number of ether oxygens (including phenoxy) is 1. The lowest BCUT2D eigenvalue weighted by atomic mass is 10.3. The van der Waals surface area contributed by atoms with E-state index in [2.05, 4.69) is 5.32 Å². The number of carbonyl (C=O) groups is 1. The molecule has 2 unspecified atom stereocenters. The minimum Gasteiger partial charge on any atom is -0.494 e. The highest BCUT2D eigenvalue weighted by Gasteiger charge is 2.39. The number of anilines is 1. The second-order valence-electron chi connectivity index (χ2n) is 3.96. The van der Waals surface area contributed by atoms with Crippen molar-refractivity contribution in [2.45, 2.75) is 19.4 Å². The number of nitrogens with one attached hydrogen (secondary N) is 1. The first-order chi connectivity index (χ1) is 7.70. The zero-order valence-corrected chi connectivity index (χ0v) is 9.27. The zero-order chi connectivity index (χ0) is 11.5. The van der Waals surface area contributed by atoms with E-state index in [1.807, 2.05) is 31.2 Å². The number of rotatable bonds is 4. The summed E-state index contributed by atoms with van der Waals surface area (Å²) in [4.78, 5) is 11.6. The van der Waals surface area contributed by atoms with Gasteiger partial charge in [0.05, 0.1) is 12.5 Å². The molecule has 0 bridgehead atoms. The van der Waals surface area contributed by atoms with Crippen LogP contribution in [0.4, 0.5) is 5.69 Å². The minimum absolute atomic E-state index is 0.00106. The number of amides is 1. The summed E-state index contributed by atoms with van der Waals surface area (Å²) in [6, 6.07) is 7.41. The van der Waals surface area contributed by atoms with E-state index in [9.17, 15) is 4.79 Å². The predicted molar refractivity (Wildman–Crippen MR) is 62.3 cm³/mol. The molecule has 1 aliphatic carbocycles. The number of hydrogen-bond donors (Lipinski definition) is 2. The van der Waals surface area contributed by atoms with Crippen molar-refractivity contribution in [3.63, 3.8) is 0 Å². The Kier molecular flexibility index (Phi) is 3.10. The fraction of sp³-hybridized carbons (Fsp3) is 0.417. The third-order valence-electron chi connectivity index (χ3n) is 2.59. The highest BCUT2D eigenvalue weighted by atomic mass is 16.5. The van der Waals surface area contributed by atoms with E-state index < -0.39 is 0 Å². The van der Waals surface area contributed by atoms with Crippen molar-refractivity contribution < 1.29 is 9.53 Å². The number of carbonyl (C=O) groups excluding carboxylic acids is 1. The Hall–Kier alpha value is -1.55. The van der Waals surface area contributed by atoms with Crippen LogP contribution in [0.25, 0.3) is 0 Å². The molecule has 1 aromatic rings. The second kappa shape index (κ2) is 4.53. The maximum Gasteiger partial charge on any atom is 0.229 e. The Balaban J connectivity index is 1.98. The van der Waals surface area contributed by atoms with E-state index in [4.69, 9.17) is 10.5 Å². The van der Waals surface area contributed by atoms with Crippen LogP contribution in [-0.2, 0) is 4.79 Å². The van der Waals surface area contributed by atoms with Crippen molar-refractivity contribution in [2.75, 3.05) is 11.9 Å². The summed E-state index contributed by atoms with van der Waals surface area (Å²) in [5.41, 5.74) is 6.37. The average Bonchev–Trinajstić information content (AvgIpc) is 2.97. The van der Waals surface area contributed by atoms with Crippen molar-refractivity contribution in [3.8, 4) is 5.75 Å². The fourth-order valence-corrected chi connectivity index (χ4v) is 1.58. The van der Waals surface area contributed by atoms with Gasteiger partial charge in [-0.1, -0.05) is 6.07 Å². The number of nitrogens with two attached hydrogens (primary N) is 1. The SMILES string of the molecule is CCOc1cccc(NC(=O)C2CC2N)c1. The Morgan fingerprint density at radius 1 is 1.62 bits per heavy atom. The van der Waals surface area contributed by atoms with E-state index in [1.165, 1.54) is 0 Å². The summed E-state index contributed by atoms with van der Waals surface area (Å²) in [7, 11) is 0. The van der Waals surface area contributed by atoms with Crippen molar-refractivity contribution in [2.24, 2.45) is 11.7 Å². The predicted octanol–water partition coefficient (Wildman–Crippen LogP) is 1.37. The van der Waals surface area contributed by atoms with E-state index >= 15 is 0 Å². The molecule has 0 radical (unpaired) electrons. The molecule has 16 heavy (non-hydrogen) atoms. The molecule has 0 heterocycles. The molecule has 2 rings (SSSR count). The molecule has 1 fully saturated rings. The maximum absolute atomic E-state index is 11.6. The third-order valence-corrected chi connectivity index (χ3v) is 2.59. The van der Waals surface area contributed by atoms with Crippen LogP contribution < -0.4 is 15.8 Å². The first-order valence-corrected chi connectivity index (χ1v) is 5.50. The zero-order valence-electron chi connectivity index (χ0n) is 9.27. The van der Waals surface area contributed by atoms with Gasteiger partial charge in [0.1, 0.15) is 5.75 Å². The minimum atomic E-state index is -0.0178. The van der Waals surface area contributed by atoms with Crippen LogP contribution in [0.2, 0.25) is 0 Å². The topological polar surface area (TPSA) is 64.3 Å². The summed E-state index contributed by atoms with van der Waals surface area (Å²) >= 11 is 0. The molecule has 2 atom stereocenters. The van der Waals surface area contributed by atoms with Gasteiger partial charge in [-0.2, -0.15) is 0 Å². The summed E-state index contributed by atoms with van der Waals surface area (Å²) < 4.78 is 5.35. The first-order valence-electron chi connectivity index (χ1n) is 5.50. The highest BCUT2D eigenvalue weighted by molar-refractivity contribution is 5.95. The van der Waals surface area contributed by atoms with Gasteiger partial charge in [0, 0.05) is 17.8 Å². The maximum atomic E-state index is 11.6. The van der Waals surface area contributed by atoms with Crippen molar-refractivity contribution >= 4 is 11.6 Å². The average molecular weight is 220 g/mol. The molecular weight excluding hydrogens is 204 g/mol. The highest BCUT2D eigenvalue weighted by Crippen LogP contribution is 2.29. The van der Waals surface area contributed by atoms with Gasteiger partial charge >= 0.3 is 0 Å². The lowest BCUT2D eigenvalue weighted by Gasteiger charge is -2.07. The van der Waals surface area contributed by atoms with Crippen molar-refractivity contribution in [1.29, 1.82) is 0 Å². The molecule has 86 valence electrons. The summed E-state index contributed by atoms with van der Waals surface area (Å²) in [6.45, 7) is 2.54. The van der Waals surface area contributed by atoms with Gasteiger partial charge < -0.3 is 15.8 Å². The van der Waals surface area contributed by atoms with Crippen LogP contribution in [-0.4, -0.2) is 18.6 Å². The van der Waals surface area contributed by atoms with Gasteiger partial charge in [-0.15, -0.1) is 0 Å². The Morgan fingerprint density at radius 3 is 3.00 bits per heavy atom. The van der Waals surface area contributed by atoms with E-state index in [0.29, 0.717) is 6.61 Å². The molecule has 0 aliphatic heterocycles. The normalized spacial score (nSPS) is 22.6. The lowest BCUT2D eigenvalue weighted by Crippen LogP contribution is -2.18. The summed E-state index contributed by atoms with van der Waals surface area (Å²) in [5.74, 6) is 0.747. The van der Waals surface area contributed by atoms with Gasteiger partial charge in [-0.05, 0) is 25.5 Å². The number of hydrogen-bond acceptors (Lipinski definition) is 3. The van der Waals surface area contributed by atoms with Gasteiger partial charge in [-0.3, -0.25) is 4.79 Å². The van der Waals surface area contributed by atoms with E-state index in [0.717, 1.165) is 17.9 Å². The Labute approximate surface area is 94.8 Å². The molecule has 0 saturated heterocycles. The molecule has 1 amide bonds. The van der Waals surface area contributed by atoms with Gasteiger partial charge in [0.15, 0.2) is 0 Å². The molecule has 4 nitrogen and oxygen atoms in total. The molecule has 0 aromatic heterocycles. The Morgan fingerprint density at radius 2 is 2.38 bits per heavy atom. The number of benzene rings is 1. The summed E-state index contributed by atoms with van der Waals surface area (Å²) in [5, 5.41) is 2.83. The largest absolute Gasteiger partial charge is 0.494 e. The Bertz CT molecular complexity index is 392. The molecule has 0 spiro atoms. The van der Waals surface area contributed by atoms with Gasteiger partial charge in [-0.25, -0.2) is 0 Å². The molecule has 4 heteroatoms. The quantitative estimate of drug-likeness (QED) is 0.805. The summed E-state index contributed by atoms with van der Waals surface area (Å²) in [6.07, 6.45) is 0.789. The van der Waals surface area contributed by atoms with Gasteiger partial charge in [0.25, 0.3) is 0 Å². The van der Waals surface area contributed by atoms with Crippen molar-refractivity contribution in [3.05, 3.63) is 24.3 Å². The van der Waals surface area contributed by atoms with Gasteiger partial charge in [0.2, 0.25) is 5.91 Å². The molecular formula is C12H16N2O2. The van der Waals surface area contributed by atoms with Crippen LogP contribution >= 0.6 is 0 Å². The first kappa shape index (κ1) is 11.0. The van der Waals surface area contributed by atoms with E-state index in [1.54, 1.807) is 0 Å². The smallest absolute Gasteiger partial charge is 0.229 e. The molecule has 1 aromatic carbocycles. The molecule has 1 aliphatic rings. The van der Waals surface area contributed by atoms with E-state index in [-0.39, 0.29) is 17.9 Å². The molecule has 1 saturated carbocycles. The second-order valence-corrected chi connectivity index (χ2v) is 3.96. The monoisotopic (exact) mass is 220 g/mol. The van der Waals surface area contributed by atoms with Crippen LogP contribution in [0.3, 0.4) is 0 Å². The van der Waals surface area contributed by atoms with Crippen LogP contribution in [0.5, 0.6) is 5.75 Å². The van der Waals surface area contributed by atoms with Crippen LogP contribution in [0.1, 0.15) is 13.3 Å². The van der Waals surface area contributed by atoms with Crippen LogP contribution in [0.15, 0.2) is 24.3 Å². The molecule has 3 N–H and O–H groups in total. The lowest BCUT2D eigenvalue weighted by molar-refractivity contribution is -0.117. The standard InChI is InChI=1S/C12H16N2O2/c1-2-16-9-5-3-4-8(6-9)14-12(15)10-7-11(10)13/h3-6,10-11H,2,7,13H2,1H3,(H,14,15).